The summed E-state index contributed by atoms with van der Waals surface area (Å²) in [7, 11) is -3.82. The number of benzene rings is 3. The number of sulfonamides is 1. The van der Waals surface area contributed by atoms with Crippen molar-refractivity contribution in [2.24, 2.45) is 0 Å². The van der Waals surface area contributed by atoms with Gasteiger partial charge in [-0.2, -0.15) is 18.2 Å². The number of alkyl halides is 3. The number of carbonyl (C=O) groups is 1. The van der Waals surface area contributed by atoms with E-state index in [4.69, 9.17) is 20.4 Å². The van der Waals surface area contributed by atoms with Crippen LogP contribution in [0.5, 0.6) is 11.5 Å². The largest absolute Gasteiger partial charge is 0.490 e. The molecule has 0 saturated heterocycles. The lowest BCUT2D eigenvalue weighted by molar-refractivity contribution is -0.192. The zero-order valence-corrected chi connectivity index (χ0v) is 24.3. The topological polar surface area (TPSA) is 169 Å². The molecule has 2 aromatic heterocycles. The Labute approximate surface area is 259 Å². The molecular formula is C30H24F4N6O5S. The summed E-state index contributed by atoms with van der Waals surface area (Å²) in [4.78, 5) is 21.6. The van der Waals surface area contributed by atoms with E-state index in [0.717, 1.165) is 23.4 Å². The number of nitrogen functional groups attached to an aromatic ring is 1. The van der Waals surface area contributed by atoms with Gasteiger partial charge in [-0.05, 0) is 54.6 Å². The molecule has 11 nitrogen and oxygen atoms in total. The van der Waals surface area contributed by atoms with Gasteiger partial charge in [-0.1, -0.05) is 30.3 Å². The molecule has 238 valence electrons. The van der Waals surface area contributed by atoms with Crippen LogP contribution in [0.2, 0.25) is 0 Å². The van der Waals surface area contributed by atoms with Crippen LogP contribution in [-0.2, 0) is 21.4 Å². The minimum Gasteiger partial charge on any atom is -0.475 e. The maximum absolute atomic E-state index is 13.1. The van der Waals surface area contributed by atoms with E-state index in [1.165, 1.54) is 18.3 Å². The summed E-state index contributed by atoms with van der Waals surface area (Å²) in [5, 5.41) is 10.3. The fourth-order valence-electron chi connectivity index (χ4n) is 3.66. The van der Waals surface area contributed by atoms with Gasteiger partial charge in [-0.25, -0.2) is 27.3 Å². The van der Waals surface area contributed by atoms with Crippen molar-refractivity contribution in [3.63, 3.8) is 0 Å². The second kappa shape index (κ2) is 14.4. The average Bonchev–Trinajstić information content (AvgIpc) is 3.01. The average molecular weight is 657 g/mol. The van der Waals surface area contributed by atoms with E-state index < -0.39 is 28.0 Å². The molecule has 46 heavy (non-hydrogen) atoms. The normalized spacial score (nSPS) is 11.2. The number of rotatable bonds is 9. The van der Waals surface area contributed by atoms with E-state index >= 15 is 0 Å². The quantitative estimate of drug-likeness (QED) is 0.140. The third-order valence-electron chi connectivity index (χ3n) is 5.77. The fourth-order valence-corrected chi connectivity index (χ4v) is 4.66. The number of halogens is 4. The molecule has 0 fully saturated rings. The molecule has 0 radical (unpaired) electrons. The number of pyridine rings is 1. The molecule has 0 bridgehead atoms. The van der Waals surface area contributed by atoms with Gasteiger partial charge in [0.25, 0.3) is 0 Å². The Balaban J connectivity index is 0.000000617. The molecule has 0 unspecified atom stereocenters. The lowest BCUT2D eigenvalue weighted by Crippen LogP contribution is -2.23. The van der Waals surface area contributed by atoms with Crippen molar-refractivity contribution in [1.29, 1.82) is 0 Å². The molecule has 3 aromatic carbocycles. The van der Waals surface area contributed by atoms with Crippen molar-refractivity contribution in [1.82, 2.24) is 19.7 Å². The summed E-state index contributed by atoms with van der Waals surface area (Å²) in [6, 6.07) is 26.6. The molecule has 0 aliphatic rings. The van der Waals surface area contributed by atoms with E-state index in [9.17, 15) is 26.0 Å². The molecule has 0 amide bonds. The van der Waals surface area contributed by atoms with E-state index in [-0.39, 0.29) is 17.4 Å². The molecule has 16 heteroatoms. The number of hydrogen-bond acceptors (Lipinski definition) is 9. The minimum atomic E-state index is -5.08. The first-order valence-electron chi connectivity index (χ1n) is 13.0. The van der Waals surface area contributed by atoms with Crippen molar-refractivity contribution in [3.8, 4) is 22.8 Å². The number of ether oxygens (including phenoxy) is 1. The third kappa shape index (κ3) is 9.70. The molecule has 0 atom stereocenters. The van der Waals surface area contributed by atoms with Crippen molar-refractivity contribution >= 4 is 33.4 Å². The summed E-state index contributed by atoms with van der Waals surface area (Å²) in [6.45, 7) is -0.0627. The summed E-state index contributed by atoms with van der Waals surface area (Å²) in [5.74, 6) is -1.51. The number of carboxylic acid groups (broad SMARTS) is 1. The minimum absolute atomic E-state index is 0.0362. The van der Waals surface area contributed by atoms with Gasteiger partial charge in [-0.3, -0.25) is 4.98 Å². The fraction of sp³-hybridized carbons (Fsp3) is 0.0667. The monoisotopic (exact) mass is 656 g/mol. The van der Waals surface area contributed by atoms with Crippen molar-refractivity contribution in [3.05, 3.63) is 115 Å². The Morgan fingerprint density at radius 1 is 0.891 bits per heavy atom. The number of nitrogens with two attached hydrogens (primary N) is 1. The second-order valence-electron chi connectivity index (χ2n) is 9.18. The van der Waals surface area contributed by atoms with Crippen LogP contribution in [0.1, 0.15) is 5.69 Å². The van der Waals surface area contributed by atoms with Gasteiger partial charge in [-0.15, -0.1) is 0 Å². The Kier molecular flexibility index (Phi) is 10.5. The number of aliphatic carboxylic acids is 1. The van der Waals surface area contributed by atoms with Crippen LogP contribution in [0.3, 0.4) is 0 Å². The number of nitrogens with one attached hydrogen (secondary N) is 2. The molecule has 2 heterocycles. The van der Waals surface area contributed by atoms with Gasteiger partial charge in [0.05, 0.1) is 22.8 Å². The summed E-state index contributed by atoms with van der Waals surface area (Å²) in [5.41, 5.74) is 8.77. The smallest absolute Gasteiger partial charge is 0.475 e. The molecule has 5 aromatic rings. The predicted octanol–water partition coefficient (Wildman–Crippen LogP) is 5.91. The van der Waals surface area contributed by atoms with Crippen LogP contribution >= 0.6 is 0 Å². The van der Waals surface area contributed by atoms with Crippen molar-refractivity contribution in [2.45, 2.75) is 17.6 Å². The second-order valence-corrected chi connectivity index (χ2v) is 10.9. The number of aromatic nitrogens is 3. The third-order valence-corrected chi connectivity index (χ3v) is 7.19. The summed E-state index contributed by atoms with van der Waals surface area (Å²) in [6.07, 6.45) is -3.56. The SMILES string of the molecule is Nc1nc(Nc2ccc(Oc3ccnc(CNS(=O)(=O)c4ccc(F)cc4)c3)cc2)cc(-c2ccccc2)n1.O=C(O)C(F)(F)F. The lowest BCUT2D eigenvalue weighted by atomic mass is 10.1. The van der Waals surface area contributed by atoms with Crippen molar-refractivity contribution < 1.29 is 40.6 Å². The van der Waals surface area contributed by atoms with Crippen LogP contribution in [-0.4, -0.2) is 40.6 Å². The Hall–Kier alpha value is -5.61. The van der Waals surface area contributed by atoms with Gasteiger partial charge in [0.15, 0.2) is 0 Å². The van der Waals surface area contributed by atoms with E-state index in [1.54, 1.807) is 24.3 Å². The Morgan fingerprint density at radius 3 is 2.17 bits per heavy atom. The highest BCUT2D eigenvalue weighted by molar-refractivity contribution is 7.89. The molecular weight excluding hydrogens is 632 g/mol. The van der Waals surface area contributed by atoms with Crippen LogP contribution in [0.15, 0.2) is 108 Å². The number of anilines is 3. The van der Waals surface area contributed by atoms with Gasteiger partial charge < -0.3 is 20.9 Å². The van der Waals surface area contributed by atoms with Crippen LogP contribution in [0.4, 0.5) is 35.0 Å². The standard InChI is InChI=1S/C28H23FN6O3S.C2HF3O2/c29-20-6-12-25(13-7-20)39(36,37)32-18-22-16-24(14-15-31-22)38-23-10-8-21(9-11-23)33-27-17-26(34-28(30)35-27)19-4-2-1-3-5-19;3-2(4,5)1(6)7/h1-17,32H,18H2,(H3,30,33,34,35);(H,6,7). The highest BCUT2D eigenvalue weighted by Gasteiger charge is 2.38. The van der Waals surface area contributed by atoms with Crippen LogP contribution < -0.4 is 20.5 Å². The highest BCUT2D eigenvalue weighted by atomic mass is 32.2. The first kappa shape index (κ1) is 33.3. The Bertz CT molecular complexity index is 1890. The predicted molar refractivity (Wildman–Crippen MR) is 160 cm³/mol. The molecule has 0 saturated carbocycles. The number of hydrogen-bond donors (Lipinski definition) is 4. The first-order valence-corrected chi connectivity index (χ1v) is 14.5. The van der Waals surface area contributed by atoms with E-state index in [2.05, 4.69) is 25.0 Å². The van der Waals surface area contributed by atoms with Gasteiger partial charge in [0.1, 0.15) is 23.1 Å². The summed E-state index contributed by atoms with van der Waals surface area (Å²) < 4.78 is 78.1. The lowest BCUT2D eigenvalue weighted by Gasteiger charge is -2.11. The molecule has 5 rings (SSSR count). The maximum Gasteiger partial charge on any atom is 0.490 e. The zero-order valence-electron chi connectivity index (χ0n) is 23.4. The Morgan fingerprint density at radius 2 is 1.54 bits per heavy atom. The van der Waals surface area contributed by atoms with Crippen molar-refractivity contribution in [2.75, 3.05) is 11.1 Å². The van der Waals surface area contributed by atoms with Crippen LogP contribution in [0, 0.1) is 5.82 Å². The van der Waals surface area contributed by atoms with Gasteiger partial charge in [0.2, 0.25) is 16.0 Å². The van der Waals surface area contributed by atoms with E-state index in [1.807, 2.05) is 48.5 Å². The summed E-state index contributed by atoms with van der Waals surface area (Å²) >= 11 is 0. The van der Waals surface area contributed by atoms with Gasteiger partial charge in [0, 0.05) is 29.6 Å². The number of carboxylic acids is 1. The zero-order chi connectivity index (χ0) is 33.3. The highest BCUT2D eigenvalue weighted by Crippen LogP contribution is 2.26. The number of nitrogens with zero attached hydrogens (tertiary/aromatic N) is 3. The maximum atomic E-state index is 13.1. The molecule has 5 N–H and O–H groups in total. The van der Waals surface area contributed by atoms with Gasteiger partial charge >= 0.3 is 12.1 Å². The molecule has 0 aliphatic heterocycles. The first-order chi connectivity index (χ1) is 21.8. The molecule has 0 spiro atoms. The molecule has 0 aliphatic carbocycles. The van der Waals surface area contributed by atoms with Crippen LogP contribution in [0.25, 0.3) is 11.3 Å². The van der Waals surface area contributed by atoms with E-state index in [0.29, 0.717) is 28.7 Å².